The molecule has 0 saturated heterocycles. The van der Waals surface area contributed by atoms with E-state index < -0.39 is 6.10 Å². The second-order valence-electron chi connectivity index (χ2n) is 5.16. The zero-order valence-electron chi connectivity index (χ0n) is 12.0. The Bertz CT molecular complexity index is 555. The molecule has 0 aliphatic heterocycles. The molecule has 0 radical (unpaired) electrons. The Morgan fingerprint density at radius 2 is 1.95 bits per heavy atom. The van der Waals surface area contributed by atoms with Crippen LogP contribution in [0.4, 0.5) is 0 Å². The molecule has 2 nitrogen and oxygen atoms in total. The number of aliphatic hydroxyl groups is 1. The van der Waals surface area contributed by atoms with Crippen LogP contribution in [0.25, 0.3) is 0 Å². The van der Waals surface area contributed by atoms with Gasteiger partial charge in [-0.15, -0.1) is 11.3 Å². The van der Waals surface area contributed by atoms with E-state index in [-0.39, 0.29) is 0 Å². The molecule has 19 heavy (non-hydrogen) atoms. The second kappa shape index (κ2) is 5.85. The van der Waals surface area contributed by atoms with Crippen molar-refractivity contribution in [3.63, 3.8) is 0 Å². The van der Waals surface area contributed by atoms with Crippen molar-refractivity contribution in [2.45, 2.75) is 46.6 Å². The fraction of sp³-hybridized carbons (Fsp3) is 0.438. The van der Waals surface area contributed by atoms with E-state index in [9.17, 15) is 5.11 Å². The predicted molar refractivity (Wildman–Crippen MR) is 80.8 cm³/mol. The highest BCUT2D eigenvalue weighted by atomic mass is 32.1. The maximum absolute atomic E-state index is 10.3. The first kappa shape index (κ1) is 14.2. The van der Waals surface area contributed by atoms with Crippen LogP contribution in [0, 0.1) is 27.7 Å². The van der Waals surface area contributed by atoms with Crippen LogP contribution in [0.15, 0.2) is 18.2 Å². The summed E-state index contributed by atoms with van der Waals surface area (Å²) in [6, 6.07) is 6.24. The van der Waals surface area contributed by atoms with Crippen LogP contribution in [0.3, 0.4) is 0 Å². The number of aromatic nitrogens is 1. The minimum Gasteiger partial charge on any atom is -0.388 e. The lowest BCUT2D eigenvalue weighted by atomic mass is 9.98. The maximum atomic E-state index is 10.3. The van der Waals surface area contributed by atoms with Crippen LogP contribution in [0.1, 0.15) is 44.8 Å². The molecule has 2 aromatic rings. The van der Waals surface area contributed by atoms with Crippen molar-refractivity contribution >= 4 is 11.3 Å². The monoisotopic (exact) mass is 275 g/mol. The molecule has 2 rings (SSSR count). The average Bonchev–Trinajstić information content (AvgIpc) is 2.69. The Morgan fingerprint density at radius 3 is 2.58 bits per heavy atom. The normalized spacial score (nSPS) is 12.7. The number of hydrogen-bond donors (Lipinski definition) is 1. The number of aryl methyl sites for hydroxylation is 5. The Balaban J connectivity index is 2.04. The van der Waals surface area contributed by atoms with Crippen molar-refractivity contribution in [1.29, 1.82) is 0 Å². The van der Waals surface area contributed by atoms with E-state index in [0.29, 0.717) is 0 Å². The SMILES string of the molecule is Cc1ccc(C)c(C(O)CCc2nc(C)c(C)s2)c1. The standard InChI is InChI=1S/C16H21NOS/c1-10-5-6-11(2)14(9-10)15(18)7-8-16-17-12(3)13(4)19-16/h5-6,9,15,18H,7-8H2,1-4H3. The molecule has 1 N–H and O–H groups in total. The Kier molecular flexibility index (Phi) is 4.38. The average molecular weight is 275 g/mol. The Hall–Kier alpha value is -1.19. The van der Waals surface area contributed by atoms with Gasteiger partial charge in [0.1, 0.15) is 0 Å². The second-order valence-corrected chi connectivity index (χ2v) is 6.45. The molecule has 1 heterocycles. The first-order chi connectivity index (χ1) is 8.97. The first-order valence-corrected chi connectivity index (χ1v) is 7.47. The van der Waals surface area contributed by atoms with Gasteiger partial charge in [-0.2, -0.15) is 0 Å². The van der Waals surface area contributed by atoms with Crippen LogP contribution < -0.4 is 0 Å². The van der Waals surface area contributed by atoms with Gasteiger partial charge in [0.2, 0.25) is 0 Å². The number of thiazole rings is 1. The summed E-state index contributed by atoms with van der Waals surface area (Å²) in [6.45, 7) is 8.24. The minimum absolute atomic E-state index is 0.399. The fourth-order valence-corrected chi connectivity index (χ4v) is 3.13. The number of hydrogen-bond acceptors (Lipinski definition) is 3. The minimum atomic E-state index is -0.399. The van der Waals surface area contributed by atoms with Crippen LogP contribution in [-0.4, -0.2) is 10.1 Å². The highest BCUT2D eigenvalue weighted by Crippen LogP contribution is 2.25. The molecule has 0 saturated carbocycles. The predicted octanol–water partition coefficient (Wildman–Crippen LogP) is 4.04. The summed E-state index contributed by atoms with van der Waals surface area (Å²) in [6.07, 6.45) is 1.18. The lowest BCUT2D eigenvalue weighted by Crippen LogP contribution is -2.02. The van der Waals surface area contributed by atoms with Gasteiger partial charge in [-0.3, -0.25) is 0 Å². The van der Waals surface area contributed by atoms with Crippen molar-refractivity contribution in [2.24, 2.45) is 0 Å². The molecular formula is C16H21NOS. The third-order valence-electron chi connectivity index (χ3n) is 3.50. The van der Waals surface area contributed by atoms with Gasteiger partial charge < -0.3 is 5.11 Å². The molecule has 0 aliphatic carbocycles. The number of nitrogens with zero attached hydrogens (tertiary/aromatic N) is 1. The van der Waals surface area contributed by atoms with E-state index in [1.165, 1.54) is 10.4 Å². The van der Waals surface area contributed by atoms with Crippen molar-refractivity contribution in [2.75, 3.05) is 0 Å². The zero-order valence-corrected chi connectivity index (χ0v) is 12.8. The lowest BCUT2D eigenvalue weighted by Gasteiger charge is -2.13. The van der Waals surface area contributed by atoms with Crippen molar-refractivity contribution < 1.29 is 5.11 Å². The summed E-state index contributed by atoms with van der Waals surface area (Å²) < 4.78 is 0. The molecule has 0 fully saturated rings. The molecule has 1 atom stereocenters. The summed E-state index contributed by atoms with van der Waals surface area (Å²) in [5.74, 6) is 0. The molecule has 3 heteroatoms. The van der Waals surface area contributed by atoms with Gasteiger partial charge in [-0.05, 0) is 45.2 Å². The topological polar surface area (TPSA) is 33.1 Å². The molecule has 1 aromatic heterocycles. The van der Waals surface area contributed by atoms with Gasteiger partial charge in [0, 0.05) is 11.3 Å². The summed E-state index contributed by atoms with van der Waals surface area (Å²) >= 11 is 1.74. The van der Waals surface area contributed by atoms with Crippen molar-refractivity contribution in [3.8, 4) is 0 Å². The van der Waals surface area contributed by atoms with Crippen LogP contribution in [-0.2, 0) is 6.42 Å². The molecule has 1 unspecified atom stereocenters. The van der Waals surface area contributed by atoms with Gasteiger partial charge in [-0.1, -0.05) is 23.8 Å². The third-order valence-corrected chi connectivity index (χ3v) is 4.63. The van der Waals surface area contributed by atoms with Gasteiger partial charge in [0.25, 0.3) is 0 Å². The van der Waals surface area contributed by atoms with E-state index in [1.807, 2.05) is 6.92 Å². The Morgan fingerprint density at radius 1 is 1.21 bits per heavy atom. The highest BCUT2D eigenvalue weighted by Gasteiger charge is 2.12. The number of benzene rings is 1. The highest BCUT2D eigenvalue weighted by molar-refractivity contribution is 7.11. The Labute approximate surface area is 119 Å². The van der Waals surface area contributed by atoms with Crippen molar-refractivity contribution in [1.82, 2.24) is 4.98 Å². The third kappa shape index (κ3) is 3.43. The fourth-order valence-electron chi connectivity index (χ4n) is 2.18. The molecule has 0 amide bonds. The molecule has 102 valence electrons. The van der Waals surface area contributed by atoms with Crippen molar-refractivity contribution in [3.05, 3.63) is 50.5 Å². The smallest absolute Gasteiger partial charge is 0.0931 e. The van der Waals surface area contributed by atoms with Crippen LogP contribution >= 0.6 is 11.3 Å². The van der Waals surface area contributed by atoms with E-state index >= 15 is 0 Å². The van der Waals surface area contributed by atoms with E-state index in [0.717, 1.165) is 34.7 Å². The van der Waals surface area contributed by atoms with E-state index in [1.54, 1.807) is 11.3 Å². The maximum Gasteiger partial charge on any atom is 0.0931 e. The van der Waals surface area contributed by atoms with Gasteiger partial charge in [-0.25, -0.2) is 4.98 Å². The summed E-state index contributed by atoms with van der Waals surface area (Å²) in [5.41, 5.74) is 4.51. The van der Waals surface area contributed by atoms with Crippen LogP contribution in [0.5, 0.6) is 0 Å². The van der Waals surface area contributed by atoms with Gasteiger partial charge >= 0.3 is 0 Å². The lowest BCUT2D eigenvalue weighted by molar-refractivity contribution is 0.167. The van der Waals surface area contributed by atoms with E-state index in [2.05, 4.69) is 44.0 Å². The molecule has 0 aliphatic rings. The summed E-state index contributed by atoms with van der Waals surface area (Å²) in [7, 11) is 0. The summed E-state index contributed by atoms with van der Waals surface area (Å²) in [5, 5.41) is 11.5. The molecule has 0 bridgehead atoms. The van der Waals surface area contributed by atoms with Gasteiger partial charge in [0.15, 0.2) is 0 Å². The first-order valence-electron chi connectivity index (χ1n) is 6.65. The number of rotatable bonds is 4. The largest absolute Gasteiger partial charge is 0.388 e. The molecular weight excluding hydrogens is 254 g/mol. The van der Waals surface area contributed by atoms with Gasteiger partial charge in [0.05, 0.1) is 16.8 Å². The molecule has 0 spiro atoms. The summed E-state index contributed by atoms with van der Waals surface area (Å²) in [4.78, 5) is 5.80. The van der Waals surface area contributed by atoms with Crippen LogP contribution in [0.2, 0.25) is 0 Å². The zero-order chi connectivity index (χ0) is 14.0. The number of aliphatic hydroxyl groups excluding tert-OH is 1. The molecule has 1 aromatic carbocycles. The van der Waals surface area contributed by atoms with E-state index in [4.69, 9.17) is 0 Å². The quantitative estimate of drug-likeness (QED) is 0.913.